The smallest absolute Gasteiger partial charge is 0.416 e. The lowest BCUT2D eigenvalue weighted by molar-refractivity contribution is -0.137. The molecule has 0 aliphatic carbocycles. The van der Waals surface area contributed by atoms with Gasteiger partial charge < -0.3 is 10.1 Å². The second-order valence-corrected chi connectivity index (χ2v) is 4.66. The average molecular weight is 309 g/mol. The lowest BCUT2D eigenvalue weighted by Crippen LogP contribution is -2.15. The molecule has 2 aromatic rings. The van der Waals surface area contributed by atoms with Crippen LogP contribution in [0.2, 0.25) is 0 Å². The summed E-state index contributed by atoms with van der Waals surface area (Å²) in [7, 11) is 1.52. The number of hydrogen-bond donors (Lipinski definition) is 1. The second-order valence-electron chi connectivity index (χ2n) is 4.66. The molecule has 0 saturated carbocycles. The monoisotopic (exact) mass is 309 g/mol. The summed E-state index contributed by atoms with van der Waals surface area (Å²) < 4.78 is 42.9. The van der Waals surface area contributed by atoms with Gasteiger partial charge in [0.25, 0.3) is 0 Å². The number of ether oxygens (including phenoxy) is 1. The number of nitrogens with one attached hydrogen (secondary N) is 1. The standard InChI is InChI=1S/C16H14F3NO2/c1-22-14-7-2-4-11(8-14)9-15(21)20-13-6-3-5-12(10-13)16(17,18)19/h2-8,10H,9H2,1H3,(H,20,21). The Morgan fingerprint density at radius 2 is 1.86 bits per heavy atom. The molecule has 116 valence electrons. The summed E-state index contributed by atoms with van der Waals surface area (Å²) in [6.07, 6.45) is -4.39. The van der Waals surface area contributed by atoms with Gasteiger partial charge >= 0.3 is 6.18 Å². The van der Waals surface area contributed by atoms with Crippen LogP contribution in [0.5, 0.6) is 5.75 Å². The highest BCUT2D eigenvalue weighted by molar-refractivity contribution is 5.92. The van der Waals surface area contributed by atoms with E-state index in [1.165, 1.54) is 19.2 Å². The van der Waals surface area contributed by atoms with Gasteiger partial charge in [-0.15, -0.1) is 0 Å². The minimum absolute atomic E-state index is 0.0491. The third-order valence-electron chi connectivity index (χ3n) is 2.97. The maximum Gasteiger partial charge on any atom is 0.416 e. The Balaban J connectivity index is 2.06. The van der Waals surface area contributed by atoms with Crippen LogP contribution in [0.15, 0.2) is 48.5 Å². The van der Waals surface area contributed by atoms with Crippen LogP contribution >= 0.6 is 0 Å². The molecule has 0 spiro atoms. The fourth-order valence-electron chi connectivity index (χ4n) is 1.95. The minimum Gasteiger partial charge on any atom is -0.497 e. The van der Waals surface area contributed by atoms with Crippen LogP contribution in [0.4, 0.5) is 18.9 Å². The van der Waals surface area contributed by atoms with E-state index in [1.54, 1.807) is 24.3 Å². The molecule has 0 aliphatic rings. The Morgan fingerprint density at radius 3 is 2.55 bits per heavy atom. The van der Waals surface area contributed by atoms with E-state index in [2.05, 4.69) is 5.32 Å². The van der Waals surface area contributed by atoms with Crippen molar-refractivity contribution in [1.82, 2.24) is 0 Å². The molecule has 1 amide bonds. The highest BCUT2D eigenvalue weighted by Gasteiger charge is 2.30. The summed E-state index contributed by atoms with van der Waals surface area (Å²) in [5.41, 5.74) is 0.0261. The molecule has 1 N–H and O–H groups in total. The van der Waals surface area contributed by atoms with Gasteiger partial charge in [-0.1, -0.05) is 18.2 Å². The first-order valence-corrected chi connectivity index (χ1v) is 6.48. The van der Waals surface area contributed by atoms with Crippen LogP contribution in [0, 0.1) is 0 Å². The Labute approximate surface area is 125 Å². The molecule has 0 saturated heterocycles. The maximum atomic E-state index is 12.6. The lowest BCUT2D eigenvalue weighted by atomic mass is 10.1. The number of benzene rings is 2. The first kappa shape index (κ1) is 15.9. The molecule has 2 aromatic carbocycles. The highest BCUT2D eigenvalue weighted by atomic mass is 19.4. The van der Waals surface area contributed by atoms with E-state index in [0.717, 1.165) is 12.1 Å². The molecule has 0 atom stereocenters. The van der Waals surface area contributed by atoms with Gasteiger partial charge in [-0.2, -0.15) is 13.2 Å². The predicted molar refractivity (Wildman–Crippen MR) is 76.8 cm³/mol. The summed E-state index contributed by atoms with van der Waals surface area (Å²) in [4.78, 5) is 11.9. The first-order valence-electron chi connectivity index (χ1n) is 6.48. The Hall–Kier alpha value is -2.50. The van der Waals surface area contributed by atoms with Gasteiger partial charge in [0, 0.05) is 5.69 Å². The minimum atomic E-state index is -4.44. The van der Waals surface area contributed by atoms with Gasteiger partial charge in [0.05, 0.1) is 19.1 Å². The van der Waals surface area contributed by atoms with Crippen molar-refractivity contribution in [3.63, 3.8) is 0 Å². The predicted octanol–water partition coefficient (Wildman–Crippen LogP) is 3.90. The van der Waals surface area contributed by atoms with Crippen molar-refractivity contribution in [2.24, 2.45) is 0 Å². The number of methoxy groups -OCH3 is 1. The molecule has 22 heavy (non-hydrogen) atoms. The van der Waals surface area contributed by atoms with Crippen LogP contribution in [0.25, 0.3) is 0 Å². The van der Waals surface area contributed by atoms with E-state index in [9.17, 15) is 18.0 Å². The van der Waals surface area contributed by atoms with Crippen LogP contribution in [0.3, 0.4) is 0 Å². The largest absolute Gasteiger partial charge is 0.497 e. The zero-order chi connectivity index (χ0) is 16.2. The molecule has 0 heterocycles. The fraction of sp³-hybridized carbons (Fsp3) is 0.188. The fourth-order valence-corrected chi connectivity index (χ4v) is 1.95. The van der Waals surface area contributed by atoms with Crippen molar-refractivity contribution in [1.29, 1.82) is 0 Å². The lowest BCUT2D eigenvalue weighted by Gasteiger charge is -2.10. The van der Waals surface area contributed by atoms with Gasteiger partial charge in [-0.25, -0.2) is 0 Å². The number of hydrogen-bond acceptors (Lipinski definition) is 2. The topological polar surface area (TPSA) is 38.3 Å². The number of carbonyl (C=O) groups excluding carboxylic acids is 1. The number of anilines is 1. The Morgan fingerprint density at radius 1 is 1.14 bits per heavy atom. The number of alkyl halides is 3. The van der Waals surface area contributed by atoms with Gasteiger partial charge in [-0.3, -0.25) is 4.79 Å². The van der Waals surface area contributed by atoms with Gasteiger partial charge in [0.1, 0.15) is 5.75 Å². The Kier molecular flexibility index (Phi) is 4.70. The summed E-state index contributed by atoms with van der Waals surface area (Å²) in [6.45, 7) is 0. The zero-order valence-corrected chi connectivity index (χ0v) is 11.8. The molecule has 0 unspecified atom stereocenters. The molecular formula is C16H14F3NO2. The van der Waals surface area contributed by atoms with Crippen molar-refractivity contribution in [3.05, 3.63) is 59.7 Å². The number of carbonyl (C=O) groups is 1. The molecule has 0 bridgehead atoms. The Bertz CT molecular complexity index is 668. The molecule has 3 nitrogen and oxygen atoms in total. The van der Waals surface area contributed by atoms with E-state index >= 15 is 0 Å². The maximum absolute atomic E-state index is 12.6. The van der Waals surface area contributed by atoms with E-state index in [0.29, 0.717) is 11.3 Å². The van der Waals surface area contributed by atoms with Crippen molar-refractivity contribution in [2.45, 2.75) is 12.6 Å². The van der Waals surface area contributed by atoms with Crippen LogP contribution in [-0.2, 0) is 17.4 Å². The first-order chi connectivity index (χ1) is 10.4. The highest BCUT2D eigenvalue weighted by Crippen LogP contribution is 2.30. The van der Waals surface area contributed by atoms with E-state index in [1.807, 2.05) is 0 Å². The van der Waals surface area contributed by atoms with E-state index < -0.39 is 17.6 Å². The number of halogens is 3. The van der Waals surface area contributed by atoms with Crippen molar-refractivity contribution in [2.75, 3.05) is 12.4 Å². The number of amides is 1. The van der Waals surface area contributed by atoms with Crippen LogP contribution in [0.1, 0.15) is 11.1 Å². The van der Waals surface area contributed by atoms with Crippen LogP contribution in [-0.4, -0.2) is 13.0 Å². The van der Waals surface area contributed by atoms with E-state index in [4.69, 9.17) is 4.74 Å². The average Bonchev–Trinajstić information content (AvgIpc) is 2.46. The SMILES string of the molecule is COc1cccc(CC(=O)Nc2cccc(C(F)(F)F)c2)c1. The quantitative estimate of drug-likeness (QED) is 0.930. The van der Waals surface area contributed by atoms with Crippen molar-refractivity contribution >= 4 is 11.6 Å². The molecule has 0 aromatic heterocycles. The molecular weight excluding hydrogens is 295 g/mol. The normalized spacial score (nSPS) is 11.1. The van der Waals surface area contributed by atoms with E-state index in [-0.39, 0.29) is 12.1 Å². The summed E-state index contributed by atoms with van der Waals surface area (Å²) in [5, 5.41) is 2.46. The third kappa shape index (κ3) is 4.25. The molecule has 0 aliphatic heterocycles. The summed E-state index contributed by atoms with van der Waals surface area (Å²) in [6, 6.07) is 11.5. The molecule has 6 heteroatoms. The number of rotatable bonds is 4. The van der Waals surface area contributed by atoms with Crippen LogP contribution < -0.4 is 10.1 Å². The van der Waals surface area contributed by atoms with Gasteiger partial charge in [0.2, 0.25) is 5.91 Å². The molecule has 0 radical (unpaired) electrons. The van der Waals surface area contributed by atoms with Crippen molar-refractivity contribution < 1.29 is 22.7 Å². The molecule has 0 fully saturated rings. The van der Waals surface area contributed by atoms with Crippen molar-refractivity contribution in [3.8, 4) is 5.75 Å². The van der Waals surface area contributed by atoms with Gasteiger partial charge in [0.15, 0.2) is 0 Å². The summed E-state index contributed by atoms with van der Waals surface area (Å²) >= 11 is 0. The zero-order valence-electron chi connectivity index (χ0n) is 11.8. The molecule has 2 rings (SSSR count). The second kappa shape index (κ2) is 6.51. The van der Waals surface area contributed by atoms with Gasteiger partial charge in [-0.05, 0) is 35.9 Å². The summed E-state index contributed by atoms with van der Waals surface area (Å²) in [5.74, 6) is 0.219. The third-order valence-corrected chi connectivity index (χ3v) is 2.97.